The molecule has 3 heteroatoms. The highest BCUT2D eigenvalue weighted by atomic mass is 79.9. The van der Waals surface area contributed by atoms with Gasteiger partial charge in [-0.2, -0.15) is 0 Å². The number of nitrogens with zero attached hydrogens (tertiary/aromatic N) is 1. The summed E-state index contributed by atoms with van der Waals surface area (Å²) < 4.78 is 1.11. The summed E-state index contributed by atoms with van der Waals surface area (Å²) in [5.41, 5.74) is 9.93. The summed E-state index contributed by atoms with van der Waals surface area (Å²) in [5.74, 6) is 0. The second-order valence-electron chi connectivity index (χ2n) is 5.06. The van der Waals surface area contributed by atoms with Gasteiger partial charge >= 0.3 is 0 Å². The van der Waals surface area contributed by atoms with Crippen molar-refractivity contribution in [1.82, 2.24) is 0 Å². The third kappa shape index (κ3) is 3.62. The fraction of sp³-hybridized carbons (Fsp3) is 0.294. The average Bonchev–Trinajstić information content (AvgIpc) is 2.48. The van der Waals surface area contributed by atoms with E-state index < -0.39 is 0 Å². The van der Waals surface area contributed by atoms with E-state index in [-0.39, 0.29) is 6.04 Å². The first-order valence-corrected chi connectivity index (χ1v) is 7.71. The van der Waals surface area contributed by atoms with E-state index in [1.54, 1.807) is 0 Å². The van der Waals surface area contributed by atoms with Crippen molar-refractivity contribution in [3.8, 4) is 0 Å². The molecule has 0 aliphatic carbocycles. The summed E-state index contributed by atoms with van der Waals surface area (Å²) in [5, 5.41) is 0. The van der Waals surface area contributed by atoms with E-state index in [1.165, 1.54) is 16.8 Å². The van der Waals surface area contributed by atoms with Gasteiger partial charge in [0.1, 0.15) is 0 Å². The Balaban J connectivity index is 2.20. The minimum atomic E-state index is 0.0959. The molecule has 0 heterocycles. The fourth-order valence-electron chi connectivity index (χ4n) is 2.32. The van der Waals surface area contributed by atoms with Crippen molar-refractivity contribution in [2.24, 2.45) is 5.73 Å². The van der Waals surface area contributed by atoms with E-state index in [0.29, 0.717) is 0 Å². The van der Waals surface area contributed by atoms with Crippen LogP contribution in [-0.4, -0.2) is 7.05 Å². The minimum absolute atomic E-state index is 0.0959. The molecule has 106 valence electrons. The molecule has 0 aliphatic heterocycles. The molecule has 0 radical (unpaired) electrons. The van der Waals surface area contributed by atoms with Gasteiger partial charge in [-0.25, -0.2) is 0 Å². The van der Waals surface area contributed by atoms with Gasteiger partial charge in [0.05, 0.1) is 0 Å². The molecule has 0 spiro atoms. The monoisotopic (exact) mass is 332 g/mol. The Hall–Kier alpha value is -1.32. The molecule has 2 aromatic carbocycles. The van der Waals surface area contributed by atoms with Crippen LogP contribution in [0.1, 0.15) is 30.5 Å². The number of halogens is 1. The lowest BCUT2D eigenvalue weighted by Crippen LogP contribution is -2.20. The van der Waals surface area contributed by atoms with Crippen LogP contribution in [-0.2, 0) is 6.54 Å². The van der Waals surface area contributed by atoms with Crippen molar-refractivity contribution in [1.29, 1.82) is 0 Å². The molecule has 1 atom stereocenters. The van der Waals surface area contributed by atoms with Crippen LogP contribution in [0, 0.1) is 0 Å². The smallest absolute Gasteiger partial charge is 0.0426 e. The summed E-state index contributed by atoms with van der Waals surface area (Å²) in [6.45, 7) is 3.00. The first kappa shape index (κ1) is 15.1. The summed E-state index contributed by atoms with van der Waals surface area (Å²) >= 11 is 3.47. The topological polar surface area (TPSA) is 29.3 Å². The molecule has 0 bridgehead atoms. The molecule has 2 N–H and O–H groups in total. The molecule has 0 aromatic heterocycles. The Kier molecular flexibility index (Phi) is 5.21. The summed E-state index contributed by atoms with van der Waals surface area (Å²) in [6, 6.07) is 16.9. The number of rotatable bonds is 5. The van der Waals surface area contributed by atoms with Crippen molar-refractivity contribution in [2.75, 3.05) is 11.9 Å². The van der Waals surface area contributed by atoms with E-state index in [4.69, 9.17) is 5.73 Å². The van der Waals surface area contributed by atoms with E-state index >= 15 is 0 Å². The normalized spacial score (nSPS) is 12.2. The highest BCUT2D eigenvalue weighted by Crippen LogP contribution is 2.27. The zero-order valence-electron chi connectivity index (χ0n) is 12.0. The van der Waals surface area contributed by atoms with Gasteiger partial charge in [0, 0.05) is 29.8 Å². The van der Waals surface area contributed by atoms with E-state index in [0.717, 1.165) is 17.4 Å². The number of nitrogens with two attached hydrogens (primary N) is 1. The first-order valence-electron chi connectivity index (χ1n) is 6.92. The van der Waals surface area contributed by atoms with E-state index in [1.807, 2.05) is 0 Å². The average molecular weight is 333 g/mol. The maximum absolute atomic E-state index is 6.21. The minimum Gasteiger partial charge on any atom is -0.370 e. The van der Waals surface area contributed by atoms with Crippen LogP contribution in [0.4, 0.5) is 5.69 Å². The third-order valence-electron chi connectivity index (χ3n) is 3.52. The molecule has 0 unspecified atom stereocenters. The Bertz CT molecular complexity index is 551. The number of hydrogen-bond acceptors (Lipinski definition) is 2. The Labute approximate surface area is 129 Å². The van der Waals surface area contributed by atoms with Crippen LogP contribution in [0.25, 0.3) is 0 Å². The highest BCUT2D eigenvalue weighted by Gasteiger charge is 2.12. The maximum Gasteiger partial charge on any atom is 0.0426 e. The van der Waals surface area contributed by atoms with Gasteiger partial charge in [0.2, 0.25) is 0 Å². The molecule has 0 saturated heterocycles. The summed E-state index contributed by atoms with van der Waals surface area (Å²) in [7, 11) is 2.11. The Morgan fingerprint density at radius 3 is 2.40 bits per heavy atom. The lowest BCUT2D eigenvalue weighted by Gasteiger charge is -2.25. The van der Waals surface area contributed by atoms with Gasteiger partial charge < -0.3 is 10.6 Å². The van der Waals surface area contributed by atoms with Gasteiger partial charge in [-0.05, 0) is 35.7 Å². The van der Waals surface area contributed by atoms with Crippen molar-refractivity contribution in [2.45, 2.75) is 25.9 Å². The van der Waals surface area contributed by atoms with Crippen molar-refractivity contribution in [3.63, 3.8) is 0 Å². The quantitative estimate of drug-likeness (QED) is 0.873. The van der Waals surface area contributed by atoms with Gasteiger partial charge in [0.25, 0.3) is 0 Å². The SMILES string of the molecule is CC[C@@H](N)c1ccccc1N(C)Cc1ccc(Br)cc1. The molecule has 2 rings (SSSR count). The second kappa shape index (κ2) is 6.91. The largest absolute Gasteiger partial charge is 0.370 e. The van der Waals surface area contributed by atoms with E-state index in [2.05, 4.69) is 83.3 Å². The predicted octanol–water partition coefficient (Wildman–Crippen LogP) is 4.50. The lowest BCUT2D eigenvalue weighted by molar-refractivity contribution is 0.694. The van der Waals surface area contributed by atoms with Crippen molar-refractivity contribution in [3.05, 3.63) is 64.1 Å². The fourth-order valence-corrected chi connectivity index (χ4v) is 2.58. The van der Waals surface area contributed by atoms with Crippen LogP contribution >= 0.6 is 15.9 Å². The van der Waals surface area contributed by atoms with Crippen LogP contribution in [0.2, 0.25) is 0 Å². The molecular formula is C17H21BrN2. The lowest BCUT2D eigenvalue weighted by atomic mass is 10.0. The number of benzene rings is 2. The standard InChI is InChI=1S/C17H21BrN2/c1-3-16(19)15-6-4-5-7-17(15)20(2)12-13-8-10-14(18)11-9-13/h4-11,16H,3,12,19H2,1-2H3/t16-/m1/s1. The van der Waals surface area contributed by atoms with Gasteiger partial charge in [-0.1, -0.05) is 53.2 Å². The summed E-state index contributed by atoms with van der Waals surface area (Å²) in [6.07, 6.45) is 0.948. The zero-order valence-corrected chi connectivity index (χ0v) is 13.6. The van der Waals surface area contributed by atoms with Crippen molar-refractivity contribution >= 4 is 21.6 Å². The molecule has 2 aromatic rings. The Morgan fingerprint density at radius 1 is 1.10 bits per heavy atom. The molecule has 20 heavy (non-hydrogen) atoms. The molecule has 0 amide bonds. The van der Waals surface area contributed by atoms with Gasteiger partial charge in [-0.15, -0.1) is 0 Å². The number of para-hydroxylation sites is 1. The van der Waals surface area contributed by atoms with Crippen LogP contribution in [0.5, 0.6) is 0 Å². The summed E-state index contributed by atoms with van der Waals surface area (Å²) in [4.78, 5) is 2.26. The van der Waals surface area contributed by atoms with Crippen LogP contribution in [0.3, 0.4) is 0 Å². The van der Waals surface area contributed by atoms with Crippen molar-refractivity contribution < 1.29 is 0 Å². The molecule has 0 saturated carbocycles. The van der Waals surface area contributed by atoms with E-state index in [9.17, 15) is 0 Å². The molecule has 0 aliphatic rings. The predicted molar refractivity (Wildman–Crippen MR) is 89.9 cm³/mol. The number of hydrogen-bond donors (Lipinski definition) is 1. The second-order valence-corrected chi connectivity index (χ2v) is 5.97. The van der Waals surface area contributed by atoms with Gasteiger partial charge in [0.15, 0.2) is 0 Å². The number of anilines is 1. The first-order chi connectivity index (χ1) is 9.61. The Morgan fingerprint density at radius 2 is 1.75 bits per heavy atom. The van der Waals surface area contributed by atoms with Crippen LogP contribution in [0.15, 0.2) is 53.0 Å². The van der Waals surface area contributed by atoms with Gasteiger partial charge in [-0.3, -0.25) is 0 Å². The highest BCUT2D eigenvalue weighted by molar-refractivity contribution is 9.10. The third-order valence-corrected chi connectivity index (χ3v) is 4.05. The molecule has 2 nitrogen and oxygen atoms in total. The maximum atomic E-state index is 6.21. The zero-order chi connectivity index (χ0) is 14.5. The molecule has 0 fully saturated rings. The molecular weight excluding hydrogens is 312 g/mol. The van der Waals surface area contributed by atoms with Crippen LogP contribution < -0.4 is 10.6 Å².